The Labute approximate surface area is 252 Å². The molecule has 0 N–H and O–H groups in total. The molecule has 7 aromatic carbocycles. The summed E-state index contributed by atoms with van der Waals surface area (Å²) in [6.45, 7) is 0. The van der Waals surface area contributed by atoms with Crippen molar-refractivity contribution in [2.24, 2.45) is 0 Å². The molecule has 0 bridgehead atoms. The minimum atomic E-state index is 0.887. The summed E-state index contributed by atoms with van der Waals surface area (Å²) in [6.07, 6.45) is 0. The number of hydrogen-bond acceptors (Lipinski definition) is 3. The zero-order chi connectivity index (χ0) is 28.3. The Morgan fingerprint density at radius 2 is 1.07 bits per heavy atom. The minimum absolute atomic E-state index is 0.887. The lowest BCUT2D eigenvalue weighted by atomic mass is 9.96. The molecule has 0 saturated carbocycles. The molecule has 0 spiro atoms. The van der Waals surface area contributed by atoms with Crippen LogP contribution in [-0.2, 0) is 0 Å². The highest BCUT2D eigenvalue weighted by Crippen LogP contribution is 2.49. The van der Waals surface area contributed by atoms with Crippen molar-refractivity contribution in [1.82, 2.24) is 0 Å². The molecular weight excluding hydrogens is 543 g/mol. The standard InChI is InChI=1S/C40H25NOS/c1-2-12-26(13-3-1)27-24-25-34(29-15-5-4-14-28(27)29)41(35-20-10-18-32-30-16-6-8-22-37(30)42-39(32)35)36-21-11-19-33-31-17-7-9-23-38(31)43-40(33)36/h1-25H. The van der Waals surface area contributed by atoms with Crippen LogP contribution in [0.5, 0.6) is 0 Å². The van der Waals surface area contributed by atoms with Crippen molar-refractivity contribution in [3.05, 3.63) is 152 Å². The van der Waals surface area contributed by atoms with Crippen molar-refractivity contribution in [3.8, 4) is 11.1 Å². The van der Waals surface area contributed by atoms with Gasteiger partial charge in [-0.05, 0) is 46.8 Å². The van der Waals surface area contributed by atoms with Crippen molar-refractivity contribution >= 4 is 81.3 Å². The summed E-state index contributed by atoms with van der Waals surface area (Å²) in [6, 6.07) is 54.2. The topological polar surface area (TPSA) is 16.4 Å². The van der Waals surface area contributed by atoms with Gasteiger partial charge < -0.3 is 9.32 Å². The third-order valence-electron chi connectivity index (χ3n) is 8.48. The number of thiophene rings is 1. The molecule has 0 unspecified atom stereocenters. The first-order valence-corrected chi connectivity index (χ1v) is 15.3. The Bertz CT molecular complexity index is 2360. The third kappa shape index (κ3) is 3.72. The van der Waals surface area contributed by atoms with Crippen molar-refractivity contribution in [2.45, 2.75) is 0 Å². The van der Waals surface area contributed by atoms with E-state index in [0.29, 0.717) is 0 Å². The number of rotatable bonds is 4. The molecule has 0 atom stereocenters. The Hall–Kier alpha value is -5.38. The van der Waals surface area contributed by atoms with Gasteiger partial charge in [0, 0.05) is 31.6 Å². The second-order valence-electron chi connectivity index (χ2n) is 10.9. The maximum absolute atomic E-state index is 6.65. The molecule has 0 radical (unpaired) electrons. The van der Waals surface area contributed by atoms with Gasteiger partial charge in [0.05, 0.1) is 21.8 Å². The van der Waals surface area contributed by atoms with E-state index in [9.17, 15) is 0 Å². The van der Waals surface area contributed by atoms with E-state index in [1.54, 1.807) is 0 Å². The molecule has 43 heavy (non-hydrogen) atoms. The molecule has 9 aromatic rings. The van der Waals surface area contributed by atoms with Crippen LogP contribution in [-0.4, -0.2) is 0 Å². The summed E-state index contributed by atoms with van der Waals surface area (Å²) in [4.78, 5) is 2.42. The van der Waals surface area contributed by atoms with Crippen LogP contribution in [0.15, 0.2) is 156 Å². The summed E-state index contributed by atoms with van der Waals surface area (Å²) in [7, 11) is 0. The van der Waals surface area contributed by atoms with Crippen LogP contribution in [0.3, 0.4) is 0 Å². The first-order chi connectivity index (χ1) is 21.3. The summed E-state index contributed by atoms with van der Waals surface area (Å²) in [5.41, 5.74) is 7.51. The first kappa shape index (κ1) is 24.2. The fourth-order valence-corrected chi connectivity index (χ4v) is 7.76. The molecule has 0 aliphatic carbocycles. The van der Waals surface area contributed by atoms with E-state index < -0.39 is 0 Å². The van der Waals surface area contributed by atoms with Gasteiger partial charge in [-0.15, -0.1) is 11.3 Å². The lowest BCUT2D eigenvalue weighted by molar-refractivity contribution is 0.669. The van der Waals surface area contributed by atoms with Crippen LogP contribution in [0.4, 0.5) is 17.1 Å². The normalized spacial score (nSPS) is 11.7. The average Bonchev–Trinajstić information content (AvgIpc) is 3.65. The van der Waals surface area contributed by atoms with Crippen LogP contribution in [0.1, 0.15) is 0 Å². The second-order valence-corrected chi connectivity index (χ2v) is 11.9. The molecule has 0 fully saturated rings. The van der Waals surface area contributed by atoms with Crippen LogP contribution in [0, 0.1) is 0 Å². The highest BCUT2D eigenvalue weighted by molar-refractivity contribution is 7.26. The summed E-state index contributed by atoms with van der Waals surface area (Å²) < 4.78 is 9.19. The van der Waals surface area contributed by atoms with Crippen LogP contribution in [0.25, 0.3) is 64.0 Å². The maximum atomic E-state index is 6.65. The van der Waals surface area contributed by atoms with Crippen molar-refractivity contribution in [2.75, 3.05) is 4.90 Å². The Balaban J connectivity index is 1.40. The predicted molar refractivity (Wildman–Crippen MR) is 184 cm³/mol. The first-order valence-electron chi connectivity index (χ1n) is 14.5. The highest BCUT2D eigenvalue weighted by atomic mass is 32.1. The molecule has 0 aliphatic heterocycles. The SMILES string of the molecule is c1ccc(-c2ccc(N(c3cccc4c3oc3ccccc34)c3cccc4c3sc3ccccc34)c3ccccc23)cc1. The van der Waals surface area contributed by atoms with Crippen LogP contribution in [0.2, 0.25) is 0 Å². The number of furan rings is 1. The van der Waals surface area contributed by atoms with Gasteiger partial charge in [-0.3, -0.25) is 0 Å². The number of para-hydroxylation sites is 2. The quantitative estimate of drug-likeness (QED) is 0.210. The van der Waals surface area contributed by atoms with E-state index in [0.717, 1.165) is 39.0 Å². The summed E-state index contributed by atoms with van der Waals surface area (Å²) in [5, 5.41) is 7.21. The molecule has 0 aliphatic rings. The second kappa shape index (κ2) is 9.59. The number of anilines is 3. The van der Waals surface area contributed by atoms with Gasteiger partial charge >= 0.3 is 0 Å². The van der Waals surface area contributed by atoms with Gasteiger partial charge in [0.25, 0.3) is 0 Å². The predicted octanol–water partition coefficient (Wildman–Crippen LogP) is 12.2. The van der Waals surface area contributed by atoms with Gasteiger partial charge in [-0.2, -0.15) is 0 Å². The molecule has 2 heterocycles. The minimum Gasteiger partial charge on any atom is -0.454 e. The van der Waals surface area contributed by atoms with E-state index in [4.69, 9.17) is 4.42 Å². The Kier molecular flexibility index (Phi) is 5.40. The van der Waals surface area contributed by atoms with Crippen LogP contribution >= 0.6 is 11.3 Å². The van der Waals surface area contributed by atoms with Gasteiger partial charge in [-0.25, -0.2) is 0 Å². The number of fused-ring (bicyclic) bond motifs is 7. The molecular formula is C40H25NOS. The van der Waals surface area contributed by atoms with E-state index in [1.807, 2.05) is 17.4 Å². The Morgan fingerprint density at radius 1 is 0.419 bits per heavy atom. The number of hydrogen-bond donors (Lipinski definition) is 0. The van der Waals surface area contributed by atoms with Crippen molar-refractivity contribution < 1.29 is 4.42 Å². The Morgan fingerprint density at radius 3 is 1.93 bits per heavy atom. The zero-order valence-corrected chi connectivity index (χ0v) is 24.0. The van der Waals surface area contributed by atoms with Crippen molar-refractivity contribution in [3.63, 3.8) is 0 Å². The monoisotopic (exact) mass is 567 g/mol. The van der Waals surface area contributed by atoms with E-state index >= 15 is 0 Å². The fourth-order valence-electron chi connectivity index (χ4n) is 6.55. The smallest absolute Gasteiger partial charge is 0.159 e. The van der Waals surface area contributed by atoms with Gasteiger partial charge in [0.15, 0.2) is 5.58 Å². The average molecular weight is 568 g/mol. The van der Waals surface area contributed by atoms with E-state index in [1.165, 1.54) is 42.1 Å². The summed E-state index contributed by atoms with van der Waals surface area (Å²) in [5.74, 6) is 0. The molecule has 0 amide bonds. The van der Waals surface area contributed by atoms with Gasteiger partial charge in [0.1, 0.15) is 5.58 Å². The van der Waals surface area contributed by atoms with E-state index in [-0.39, 0.29) is 0 Å². The third-order valence-corrected chi connectivity index (χ3v) is 9.68. The fraction of sp³-hybridized carbons (Fsp3) is 0. The molecule has 3 heteroatoms. The summed E-state index contributed by atoms with van der Waals surface area (Å²) >= 11 is 1.85. The molecule has 2 aromatic heterocycles. The maximum Gasteiger partial charge on any atom is 0.159 e. The molecule has 202 valence electrons. The van der Waals surface area contributed by atoms with Gasteiger partial charge in [0.2, 0.25) is 0 Å². The lowest BCUT2D eigenvalue weighted by Gasteiger charge is -2.28. The largest absolute Gasteiger partial charge is 0.454 e. The van der Waals surface area contributed by atoms with Crippen molar-refractivity contribution in [1.29, 1.82) is 0 Å². The number of nitrogens with zero attached hydrogens (tertiary/aromatic N) is 1. The van der Waals surface area contributed by atoms with Gasteiger partial charge in [-0.1, -0.05) is 121 Å². The number of benzene rings is 7. The highest BCUT2D eigenvalue weighted by Gasteiger charge is 2.24. The van der Waals surface area contributed by atoms with Crippen LogP contribution < -0.4 is 4.90 Å². The molecule has 0 saturated heterocycles. The molecule has 2 nitrogen and oxygen atoms in total. The lowest BCUT2D eigenvalue weighted by Crippen LogP contribution is -2.11. The molecule has 9 rings (SSSR count). The van der Waals surface area contributed by atoms with E-state index in [2.05, 4.69) is 150 Å². The zero-order valence-electron chi connectivity index (χ0n) is 23.2.